The molecule has 5 nitrogen and oxygen atoms in total. The molecule has 0 bridgehead atoms. The van der Waals surface area contributed by atoms with E-state index in [2.05, 4.69) is 4.90 Å². The lowest BCUT2D eigenvalue weighted by Crippen LogP contribution is -2.51. The minimum absolute atomic E-state index is 0.236. The first kappa shape index (κ1) is 8.77. The zero-order valence-electron chi connectivity index (χ0n) is 7.39. The Bertz CT molecular complexity index is 221. The zero-order valence-corrected chi connectivity index (χ0v) is 7.39. The summed E-state index contributed by atoms with van der Waals surface area (Å²) in [7, 11) is 0. The van der Waals surface area contributed by atoms with Gasteiger partial charge in [0.05, 0.1) is 6.10 Å². The van der Waals surface area contributed by atoms with Gasteiger partial charge in [-0.3, -0.25) is 4.90 Å². The molecule has 0 aliphatic carbocycles. The second-order valence-corrected chi connectivity index (χ2v) is 3.77. The van der Waals surface area contributed by atoms with Crippen molar-refractivity contribution in [3.05, 3.63) is 0 Å². The van der Waals surface area contributed by atoms with Crippen LogP contribution in [0.3, 0.4) is 0 Å². The number of fused-ring (bicyclic) bond motifs is 1. The summed E-state index contributed by atoms with van der Waals surface area (Å²) in [6.45, 7) is 2.58. The number of aliphatic hydroxyl groups is 1. The van der Waals surface area contributed by atoms with Gasteiger partial charge in [-0.25, -0.2) is 4.79 Å². The van der Waals surface area contributed by atoms with E-state index in [9.17, 15) is 9.90 Å². The molecule has 2 fully saturated rings. The number of carbonyl (C=O) groups is 1. The number of piperazine rings is 1. The SMILES string of the molecule is O=C(O)N1CCN2C[C@H](O)C[C@H]2C1. The molecule has 0 aromatic heterocycles. The Morgan fingerprint density at radius 1 is 1.31 bits per heavy atom. The van der Waals surface area contributed by atoms with Crippen LogP contribution in [0.5, 0.6) is 0 Å². The van der Waals surface area contributed by atoms with Gasteiger partial charge in [-0.1, -0.05) is 0 Å². The largest absolute Gasteiger partial charge is 0.465 e. The predicted molar refractivity (Wildman–Crippen MR) is 45.6 cm³/mol. The lowest BCUT2D eigenvalue weighted by Gasteiger charge is -2.35. The van der Waals surface area contributed by atoms with Crippen molar-refractivity contribution in [2.45, 2.75) is 18.6 Å². The molecule has 0 spiro atoms. The number of nitrogens with zero attached hydrogens (tertiary/aromatic N) is 2. The quantitative estimate of drug-likeness (QED) is 0.531. The minimum Gasteiger partial charge on any atom is -0.465 e. The maximum absolute atomic E-state index is 10.7. The van der Waals surface area contributed by atoms with Crippen LogP contribution in [-0.4, -0.2) is 64.4 Å². The average molecular weight is 186 g/mol. The molecule has 2 aliphatic rings. The van der Waals surface area contributed by atoms with Crippen LogP contribution in [0.4, 0.5) is 4.79 Å². The molecule has 0 aromatic rings. The van der Waals surface area contributed by atoms with Crippen molar-refractivity contribution in [3.63, 3.8) is 0 Å². The second-order valence-electron chi connectivity index (χ2n) is 3.77. The van der Waals surface area contributed by atoms with E-state index in [1.807, 2.05) is 0 Å². The van der Waals surface area contributed by atoms with Crippen LogP contribution in [0, 0.1) is 0 Å². The molecular weight excluding hydrogens is 172 g/mol. The molecule has 5 heteroatoms. The van der Waals surface area contributed by atoms with Gasteiger partial charge < -0.3 is 15.1 Å². The molecule has 74 valence electrons. The van der Waals surface area contributed by atoms with Crippen molar-refractivity contribution in [2.75, 3.05) is 26.2 Å². The van der Waals surface area contributed by atoms with Gasteiger partial charge in [-0.2, -0.15) is 0 Å². The Hall–Kier alpha value is -0.810. The third-order valence-electron chi connectivity index (χ3n) is 2.86. The highest BCUT2D eigenvalue weighted by atomic mass is 16.4. The summed E-state index contributed by atoms with van der Waals surface area (Å²) in [6, 6.07) is 0.236. The molecule has 0 saturated carbocycles. The highest BCUT2D eigenvalue weighted by molar-refractivity contribution is 5.65. The zero-order chi connectivity index (χ0) is 9.42. The molecule has 2 N–H and O–H groups in total. The van der Waals surface area contributed by atoms with Crippen molar-refractivity contribution < 1.29 is 15.0 Å². The fourth-order valence-electron chi connectivity index (χ4n) is 2.19. The van der Waals surface area contributed by atoms with E-state index in [4.69, 9.17) is 5.11 Å². The van der Waals surface area contributed by atoms with Crippen molar-refractivity contribution in [2.24, 2.45) is 0 Å². The molecular formula is C8H14N2O3. The van der Waals surface area contributed by atoms with E-state index in [1.54, 1.807) is 0 Å². The molecule has 2 aliphatic heterocycles. The van der Waals surface area contributed by atoms with E-state index in [0.29, 0.717) is 26.1 Å². The second kappa shape index (κ2) is 3.16. The van der Waals surface area contributed by atoms with Crippen molar-refractivity contribution in [3.8, 4) is 0 Å². The fourth-order valence-corrected chi connectivity index (χ4v) is 2.19. The van der Waals surface area contributed by atoms with Crippen LogP contribution in [0.2, 0.25) is 0 Å². The molecule has 2 heterocycles. The van der Waals surface area contributed by atoms with Crippen LogP contribution >= 0.6 is 0 Å². The Kier molecular flexibility index (Phi) is 2.13. The van der Waals surface area contributed by atoms with Crippen LogP contribution in [0.15, 0.2) is 0 Å². The summed E-state index contributed by atoms with van der Waals surface area (Å²) < 4.78 is 0. The van der Waals surface area contributed by atoms with Gasteiger partial charge in [0.15, 0.2) is 0 Å². The van der Waals surface area contributed by atoms with Gasteiger partial charge in [-0.05, 0) is 6.42 Å². The van der Waals surface area contributed by atoms with Crippen LogP contribution in [-0.2, 0) is 0 Å². The number of aliphatic hydroxyl groups excluding tert-OH is 1. The Balaban J connectivity index is 1.97. The predicted octanol–water partition coefficient (Wildman–Crippen LogP) is -0.585. The summed E-state index contributed by atoms with van der Waals surface area (Å²) in [5, 5.41) is 18.1. The number of amides is 1. The van der Waals surface area contributed by atoms with Crippen molar-refractivity contribution in [1.82, 2.24) is 9.80 Å². The molecule has 2 atom stereocenters. The van der Waals surface area contributed by atoms with Crippen LogP contribution in [0.1, 0.15) is 6.42 Å². The maximum Gasteiger partial charge on any atom is 0.407 e. The summed E-state index contributed by atoms with van der Waals surface area (Å²) in [6.07, 6.45) is -0.399. The Labute approximate surface area is 76.6 Å². The highest BCUT2D eigenvalue weighted by Crippen LogP contribution is 2.21. The highest BCUT2D eigenvalue weighted by Gasteiger charge is 2.36. The molecule has 13 heavy (non-hydrogen) atoms. The van der Waals surface area contributed by atoms with Gasteiger partial charge in [-0.15, -0.1) is 0 Å². The topological polar surface area (TPSA) is 64.0 Å². The van der Waals surface area contributed by atoms with Gasteiger partial charge in [0.2, 0.25) is 0 Å². The van der Waals surface area contributed by atoms with Gasteiger partial charge in [0.1, 0.15) is 0 Å². The lowest BCUT2D eigenvalue weighted by molar-refractivity contribution is 0.0879. The fraction of sp³-hybridized carbons (Fsp3) is 0.875. The number of hydrogen-bond donors (Lipinski definition) is 2. The molecule has 1 amide bonds. The first-order valence-corrected chi connectivity index (χ1v) is 4.57. The molecule has 0 radical (unpaired) electrons. The normalized spacial score (nSPS) is 34.7. The van der Waals surface area contributed by atoms with E-state index in [0.717, 1.165) is 6.54 Å². The Morgan fingerprint density at radius 3 is 2.77 bits per heavy atom. The third kappa shape index (κ3) is 1.62. The van der Waals surface area contributed by atoms with Gasteiger partial charge in [0, 0.05) is 32.2 Å². The molecule has 2 saturated heterocycles. The van der Waals surface area contributed by atoms with E-state index < -0.39 is 6.09 Å². The van der Waals surface area contributed by atoms with Gasteiger partial charge >= 0.3 is 6.09 Å². The Morgan fingerprint density at radius 2 is 2.08 bits per heavy atom. The van der Waals surface area contributed by atoms with E-state index >= 15 is 0 Å². The number of carboxylic acid groups (broad SMARTS) is 1. The van der Waals surface area contributed by atoms with Gasteiger partial charge in [0.25, 0.3) is 0 Å². The summed E-state index contributed by atoms with van der Waals surface area (Å²) in [5.74, 6) is 0. The summed E-state index contributed by atoms with van der Waals surface area (Å²) >= 11 is 0. The van der Waals surface area contributed by atoms with Crippen molar-refractivity contribution in [1.29, 1.82) is 0 Å². The molecule has 0 aromatic carbocycles. The first-order valence-electron chi connectivity index (χ1n) is 4.57. The monoisotopic (exact) mass is 186 g/mol. The minimum atomic E-state index is -0.846. The standard InChI is InChI=1S/C8H14N2O3/c11-7-3-6-4-10(8(12)13)2-1-9(6)5-7/h6-7,11H,1-5H2,(H,12,13)/t6-,7+/m0/s1. The number of hydrogen-bond acceptors (Lipinski definition) is 3. The third-order valence-corrected chi connectivity index (χ3v) is 2.86. The lowest BCUT2D eigenvalue weighted by atomic mass is 10.1. The first-order chi connectivity index (χ1) is 6.16. The number of rotatable bonds is 0. The maximum atomic E-state index is 10.7. The van der Waals surface area contributed by atoms with Crippen LogP contribution in [0.25, 0.3) is 0 Å². The van der Waals surface area contributed by atoms with E-state index in [-0.39, 0.29) is 12.1 Å². The van der Waals surface area contributed by atoms with E-state index in [1.165, 1.54) is 4.90 Å². The summed E-state index contributed by atoms with van der Waals surface area (Å²) in [5.41, 5.74) is 0. The summed E-state index contributed by atoms with van der Waals surface area (Å²) in [4.78, 5) is 14.3. The molecule has 0 unspecified atom stereocenters. The molecule has 2 rings (SSSR count). The average Bonchev–Trinajstić information content (AvgIpc) is 2.42. The van der Waals surface area contributed by atoms with Crippen LogP contribution < -0.4 is 0 Å². The smallest absolute Gasteiger partial charge is 0.407 e. The van der Waals surface area contributed by atoms with Crippen molar-refractivity contribution >= 4 is 6.09 Å².